The monoisotopic (exact) mass is 296 g/mol. The lowest BCUT2D eigenvalue weighted by molar-refractivity contribution is -0.120. The summed E-state index contributed by atoms with van der Waals surface area (Å²) in [5.41, 5.74) is 0.571. The molecular weight excluding hydrogens is 284 g/mol. The number of hydrogen-bond donors (Lipinski definition) is 4. The second-order valence-electron chi connectivity index (χ2n) is 4.20. The Morgan fingerprint density at radius 2 is 2.15 bits per heavy atom. The molecule has 7 nitrogen and oxygen atoms in total. The molecule has 0 spiro atoms. The molecule has 8 heteroatoms. The Morgan fingerprint density at radius 1 is 1.35 bits per heavy atom. The minimum Gasteiger partial charge on any atom is -0.338 e. The van der Waals surface area contributed by atoms with Gasteiger partial charge in [0, 0.05) is 17.3 Å². The molecule has 1 aromatic rings. The van der Waals surface area contributed by atoms with Gasteiger partial charge >= 0.3 is 12.1 Å². The normalized spacial score (nSPS) is 17.4. The maximum Gasteiger partial charge on any atom is 0.322 e. The first-order valence-corrected chi connectivity index (χ1v) is 6.34. The molecule has 1 atom stereocenters. The van der Waals surface area contributed by atoms with E-state index in [0.717, 1.165) is 0 Å². The van der Waals surface area contributed by atoms with Crippen molar-refractivity contribution in [1.82, 2.24) is 16.0 Å². The van der Waals surface area contributed by atoms with Crippen molar-refractivity contribution in [2.75, 3.05) is 11.9 Å². The van der Waals surface area contributed by atoms with Crippen LogP contribution in [0, 0.1) is 0 Å². The van der Waals surface area contributed by atoms with Crippen LogP contribution in [-0.2, 0) is 4.79 Å². The minimum atomic E-state index is -0.603. The summed E-state index contributed by atoms with van der Waals surface area (Å²) in [6.07, 6.45) is 0.320. The number of carbonyl (C=O) groups excluding carboxylic acids is 3. The Morgan fingerprint density at radius 3 is 2.80 bits per heavy atom. The predicted octanol–water partition coefficient (Wildman–Crippen LogP) is 1.06. The number of benzene rings is 1. The number of carbonyl (C=O) groups is 3. The van der Waals surface area contributed by atoms with Crippen LogP contribution in [0.5, 0.6) is 0 Å². The maximum absolute atomic E-state index is 11.6. The van der Waals surface area contributed by atoms with E-state index in [9.17, 15) is 14.4 Å². The van der Waals surface area contributed by atoms with Gasteiger partial charge in [0.15, 0.2) is 0 Å². The van der Waals surface area contributed by atoms with Gasteiger partial charge in [0.2, 0.25) is 0 Å². The number of nitrogens with one attached hydrogen (secondary N) is 4. The van der Waals surface area contributed by atoms with E-state index in [2.05, 4.69) is 21.3 Å². The van der Waals surface area contributed by atoms with Crippen LogP contribution in [0.4, 0.5) is 15.3 Å². The van der Waals surface area contributed by atoms with Gasteiger partial charge in [0.25, 0.3) is 5.91 Å². The van der Waals surface area contributed by atoms with E-state index in [0.29, 0.717) is 17.1 Å². The van der Waals surface area contributed by atoms with Gasteiger partial charge in [-0.25, -0.2) is 9.59 Å². The summed E-state index contributed by atoms with van der Waals surface area (Å²) in [6.45, 7) is 0.255. The van der Waals surface area contributed by atoms with Crippen LogP contribution in [0.25, 0.3) is 0 Å². The molecule has 0 aliphatic carbocycles. The van der Waals surface area contributed by atoms with Crippen molar-refractivity contribution in [3.63, 3.8) is 0 Å². The van der Waals surface area contributed by atoms with Gasteiger partial charge in [-0.3, -0.25) is 10.1 Å². The van der Waals surface area contributed by atoms with E-state index >= 15 is 0 Å². The number of amides is 5. The number of anilines is 1. The van der Waals surface area contributed by atoms with Crippen LogP contribution in [-0.4, -0.2) is 30.6 Å². The molecule has 20 heavy (non-hydrogen) atoms. The molecule has 0 bridgehead atoms. The van der Waals surface area contributed by atoms with Crippen molar-refractivity contribution < 1.29 is 14.4 Å². The summed E-state index contributed by atoms with van der Waals surface area (Å²) in [4.78, 5) is 33.7. The first-order valence-electron chi connectivity index (χ1n) is 5.96. The molecular formula is C12H13ClN4O3. The molecule has 1 saturated heterocycles. The molecule has 0 saturated carbocycles. The third-order valence-electron chi connectivity index (χ3n) is 2.66. The van der Waals surface area contributed by atoms with Gasteiger partial charge in [0.05, 0.1) is 0 Å². The van der Waals surface area contributed by atoms with Gasteiger partial charge in [-0.1, -0.05) is 17.7 Å². The number of hydrogen-bond acceptors (Lipinski definition) is 3. The van der Waals surface area contributed by atoms with Crippen molar-refractivity contribution in [3.8, 4) is 0 Å². The number of imide groups is 1. The largest absolute Gasteiger partial charge is 0.338 e. The summed E-state index contributed by atoms with van der Waals surface area (Å²) in [5.74, 6) is -0.382. The Labute approximate surface area is 120 Å². The fourth-order valence-corrected chi connectivity index (χ4v) is 1.92. The minimum absolute atomic E-state index is 0.255. The van der Waals surface area contributed by atoms with Crippen molar-refractivity contribution in [2.24, 2.45) is 0 Å². The summed E-state index contributed by atoms with van der Waals surface area (Å²) in [7, 11) is 0. The Bertz CT molecular complexity index is 549. The molecule has 0 aromatic heterocycles. The first kappa shape index (κ1) is 14.1. The lowest BCUT2D eigenvalue weighted by Gasteiger charge is -2.10. The summed E-state index contributed by atoms with van der Waals surface area (Å²) >= 11 is 5.79. The first-order chi connectivity index (χ1) is 9.54. The second-order valence-corrected chi connectivity index (χ2v) is 4.63. The third kappa shape index (κ3) is 3.86. The van der Waals surface area contributed by atoms with Crippen LogP contribution in [0.15, 0.2) is 24.3 Å². The molecule has 5 amide bonds. The standard InChI is InChI=1S/C12H13ClN4O3/c13-7-2-1-3-8(6-7)15-11(19)14-5-4-9-10(18)17-12(20)16-9/h1-3,6,9H,4-5H2,(H2,14,15,19)(H2,16,17,18,20). The quantitative estimate of drug-likeness (QED) is 0.625. The molecule has 106 valence electrons. The highest BCUT2D eigenvalue weighted by atomic mass is 35.5. The van der Waals surface area contributed by atoms with E-state index < -0.39 is 18.1 Å². The zero-order valence-corrected chi connectivity index (χ0v) is 11.2. The van der Waals surface area contributed by atoms with Gasteiger partial charge in [-0.2, -0.15) is 0 Å². The summed E-state index contributed by atoms with van der Waals surface area (Å²) < 4.78 is 0. The van der Waals surface area contributed by atoms with Gasteiger partial charge < -0.3 is 16.0 Å². The molecule has 1 heterocycles. The Hall–Kier alpha value is -2.28. The fraction of sp³-hybridized carbons (Fsp3) is 0.250. The van der Waals surface area contributed by atoms with E-state index in [1.54, 1.807) is 24.3 Å². The number of urea groups is 2. The van der Waals surface area contributed by atoms with Crippen molar-refractivity contribution in [3.05, 3.63) is 29.3 Å². The Kier molecular flexibility index (Phi) is 4.41. The topological polar surface area (TPSA) is 99.3 Å². The zero-order valence-electron chi connectivity index (χ0n) is 10.4. The van der Waals surface area contributed by atoms with Crippen molar-refractivity contribution >= 4 is 35.3 Å². The van der Waals surface area contributed by atoms with Gasteiger partial charge in [0.1, 0.15) is 6.04 Å². The summed E-state index contributed by atoms with van der Waals surface area (Å²) in [6, 6.07) is 5.22. The number of halogens is 1. The molecule has 1 aliphatic rings. The third-order valence-corrected chi connectivity index (χ3v) is 2.89. The lowest BCUT2D eigenvalue weighted by atomic mass is 10.2. The van der Waals surface area contributed by atoms with Gasteiger partial charge in [-0.05, 0) is 24.6 Å². The van der Waals surface area contributed by atoms with Crippen molar-refractivity contribution in [2.45, 2.75) is 12.5 Å². The van der Waals surface area contributed by atoms with Gasteiger partial charge in [-0.15, -0.1) is 0 Å². The number of rotatable bonds is 4. The molecule has 2 rings (SSSR count). The van der Waals surface area contributed by atoms with Crippen LogP contribution in [0.3, 0.4) is 0 Å². The highest BCUT2D eigenvalue weighted by Gasteiger charge is 2.28. The molecule has 4 N–H and O–H groups in total. The molecule has 1 fully saturated rings. The smallest absolute Gasteiger partial charge is 0.322 e. The summed E-state index contributed by atoms with van der Waals surface area (Å²) in [5, 5.41) is 10.3. The molecule has 0 radical (unpaired) electrons. The zero-order chi connectivity index (χ0) is 14.5. The van der Waals surface area contributed by atoms with E-state index in [4.69, 9.17) is 11.6 Å². The molecule has 1 aliphatic heterocycles. The molecule has 1 unspecified atom stereocenters. The highest BCUT2D eigenvalue weighted by Crippen LogP contribution is 2.14. The van der Waals surface area contributed by atoms with E-state index in [-0.39, 0.29) is 12.5 Å². The lowest BCUT2D eigenvalue weighted by Crippen LogP contribution is -2.36. The van der Waals surface area contributed by atoms with Crippen LogP contribution in [0.1, 0.15) is 6.42 Å². The van der Waals surface area contributed by atoms with Crippen molar-refractivity contribution in [1.29, 1.82) is 0 Å². The average Bonchev–Trinajstić information content (AvgIpc) is 2.68. The Balaban J connectivity index is 1.73. The van der Waals surface area contributed by atoms with E-state index in [1.165, 1.54) is 0 Å². The van der Waals surface area contributed by atoms with Crippen LogP contribution in [0.2, 0.25) is 5.02 Å². The maximum atomic E-state index is 11.6. The second kappa shape index (κ2) is 6.25. The highest BCUT2D eigenvalue weighted by molar-refractivity contribution is 6.30. The van der Waals surface area contributed by atoms with Crippen LogP contribution < -0.4 is 21.3 Å². The molecule has 1 aromatic carbocycles. The van der Waals surface area contributed by atoms with E-state index in [1.807, 2.05) is 0 Å². The average molecular weight is 297 g/mol. The SMILES string of the molecule is O=C(NCCC1NC(=O)NC1=O)Nc1cccc(Cl)c1. The van der Waals surface area contributed by atoms with Crippen LogP contribution >= 0.6 is 11.6 Å². The fourth-order valence-electron chi connectivity index (χ4n) is 1.73. The predicted molar refractivity (Wildman–Crippen MR) is 73.6 cm³/mol.